The van der Waals surface area contributed by atoms with Crippen LogP contribution in [0, 0.1) is 23.7 Å². The molecule has 6 nitrogen and oxygen atoms in total. The highest BCUT2D eigenvalue weighted by molar-refractivity contribution is 6.42. The lowest BCUT2D eigenvalue weighted by Crippen LogP contribution is -2.15. The van der Waals surface area contributed by atoms with E-state index < -0.39 is 0 Å². The molecule has 8 bridgehead atoms. The van der Waals surface area contributed by atoms with Gasteiger partial charge in [-0.25, -0.2) is 0 Å². The van der Waals surface area contributed by atoms with Crippen LogP contribution in [0.5, 0.6) is 0 Å². The fourth-order valence-electron chi connectivity index (χ4n) is 17.4. The SMILES string of the molecule is O=C1c2cc3c(cc2C2CCC1CC2)c1cc2cc4c5cc6c(cc5n5c7cc8c(cc7c(c2c2c7cc9c(cc7n3c12)C(=O)C1CCC9CC1)c45)C1CCC(CC1)C8=O)C(=O)C1CCC6CC1. The van der Waals surface area contributed by atoms with Crippen molar-refractivity contribution in [1.82, 2.24) is 8.80 Å². The van der Waals surface area contributed by atoms with Gasteiger partial charge in [0.2, 0.25) is 0 Å². The molecule has 4 heterocycles. The van der Waals surface area contributed by atoms with Gasteiger partial charge in [-0.3, -0.25) is 19.2 Å². The van der Waals surface area contributed by atoms with Crippen molar-refractivity contribution in [3.8, 4) is 0 Å². The van der Waals surface area contributed by atoms with Crippen LogP contribution in [-0.4, -0.2) is 31.9 Å². The van der Waals surface area contributed by atoms with Crippen molar-refractivity contribution < 1.29 is 19.2 Å². The van der Waals surface area contributed by atoms with E-state index in [0.717, 1.165) is 147 Å². The van der Waals surface area contributed by atoms with Crippen molar-refractivity contribution in [2.24, 2.45) is 23.7 Å². The Kier molecular flexibility index (Phi) is 6.59. The number of carbonyl (C=O) groups is 4. The van der Waals surface area contributed by atoms with Crippen molar-refractivity contribution in [3.63, 3.8) is 0 Å². The zero-order chi connectivity index (χ0) is 44.3. The normalized spacial score (nSPS) is 28.6. The molecular weight excluding hydrogens is 837 g/mol. The van der Waals surface area contributed by atoms with Crippen molar-refractivity contribution in [2.75, 3.05) is 0 Å². The van der Waals surface area contributed by atoms with Gasteiger partial charge in [0.15, 0.2) is 23.1 Å². The predicted molar refractivity (Wildman–Crippen MR) is 269 cm³/mol. The van der Waals surface area contributed by atoms with E-state index in [2.05, 4.69) is 69.5 Å². The molecule has 4 saturated carbocycles. The Morgan fingerprint density at radius 1 is 0.279 bits per heavy atom. The number of fused-ring (bicyclic) bond motifs is 23. The first-order valence-electron chi connectivity index (χ1n) is 26.5. The number of nitrogens with zero attached hydrogens (tertiary/aromatic N) is 2. The van der Waals surface area contributed by atoms with Crippen LogP contribution in [0.2, 0.25) is 0 Å². The molecule has 4 aromatic heterocycles. The number of hydrogen-bond donors (Lipinski definition) is 0. The van der Waals surface area contributed by atoms with Gasteiger partial charge in [-0.1, -0.05) is 0 Å². The molecule has 0 saturated heterocycles. The van der Waals surface area contributed by atoms with Crippen molar-refractivity contribution >= 4 is 110 Å². The lowest BCUT2D eigenvalue weighted by Gasteiger charge is -2.22. The minimum Gasteiger partial charge on any atom is -0.308 e. The van der Waals surface area contributed by atoms with Crippen LogP contribution in [-0.2, 0) is 0 Å². The maximum absolute atomic E-state index is 14.5. The Hall–Kier alpha value is -6.14. The van der Waals surface area contributed by atoms with Crippen molar-refractivity contribution in [2.45, 2.75) is 126 Å². The van der Waals surface area contributed by atoms with Gasteiger partial charge in [-0.2, -0.15) is 0 Å². The molecule has 6 aromatic carbocycles. The van der Waals surface area contributed by atoms with Crippen molar-refractivity contribution in [1.29, 1.82) is 0 Å². The van der Waals surface area contributed by atoms with Gasteiger partial charge in [0.05, 0.1) is 33.1 Å². The summed E-state index contributed by atoms with van der Waals surface area (Å²) in [5.41, 5.74) is 15.2. The Morgan fingerprint density at radius 3 is 0.853 bits per heavy atom. The lowest BCUT2D eigenvalue weighted by molar-refractivity contribution is 0.0891. The highest BCUT2D eigenvalue weighted by Crippen LogP contribution is 2.56. The molecule has 12 aliphatic rings. The minimum atomic E-state index is 0.0885. The molecular formula is C62H50N2O4. The standard InChI is InChI=1S/C62H50N2O4/c65-59-31-9-1-27(2-10-31)36-19-40-42-17-35-18-43-41-20-37-28-3-11-32(12-4-28)60(66)45(37)24-51(41)64-53-26-47-39(30-7-15-34(16-8-30)62(47)68)22-49(53)56(58(43)64)54(35)55-48-21-38-29-5-13-33(14-6-29)61(67)46(38)25-52(48)63(57(42)55)50(40)23-44(36)59/h17-34H,1-16H2. The smallest absolute Gasteiger partial charge is 0.166 e. The van der Waals surface area contributed by atoms with Crippen LogP contribution in [0.4, 0.5) is 0 Å². The maximum Gasteiger partial charge on any atom is 0.166 e. The first-order chi connectivity index (χ1) is 33.3. The van der Waals surface area contributed by atoms with Crippen LogP contribution in [0.25, 0.3) is 87.0 Å². The topological polar surface area (TPSA) is 77.1 Å². The largest absolute Gasteiger partial charge is 0.308 e. The van der Waals surface area contributed by atoms with Crippen molar-refractivity contribution in [3.05, 3.63) is 105 Å². The monoisotopic (exact) mass is 886 g/mol. The number of rotatable bonds is 0. The highest BCUT2D eigenvalue weighted by atomic mass is 16.1. The molecule has 0 N–H and O–H groups in total. The van der Waals surface area contributed by atoms with Gasteiger partial charge in [0, 0.05) is 94.4 Å². The number of Topliss-reactive ketones (excluding diaryl/α,β-unsaturated/α-hetero) is 4. The van der Waals surface area contributed by atoms with Crippen LogP contribution in [0.15, 0.2) is 60.7 Å². The minimum absolute atomic E-state index is 0.0885. The van der Waals surface area contributed by atoms with Gasteiger partial charge in [0.25, 0.3) is 0 Å². The summed E-state index contributed by atoms with van der Waals surface area (Å²) in [5, 5.41) is 12.1. The van der Waals surface area contributed by atoms with Crippen LogP contribution in [0.1, 0.15) is 190 Å². The third-order valence-electron chi connectivity index (χ3n) is 20.8. The molecule has 0 unspecified atom stereocenters. The number of carbonyl (C=O) groups excluding carboxylic acids is 4. The summed E-state index contributed by atoms with van der Waals surface area (Å²) in [7, 11) is 0. The summed E-state index contributed by atoms with van der Waals surface area (Å²) in [6.07, 6.45) is 16.2. The third-order valence-corrected chi connectivity index (χ3v) is 20.8. The average molecular weight is 887 g/mol. The quantitative estimate of drug-likeness (QED) is 0.152. The lowest BCUT2D eigenvalue weighted by atomic mass is 9.82. The summed E-state index contributed by atoms with van der Waals surface area (Å²) in [5.74, 6) is 3.15. The second-order valence-corrected chi connectivity index (χ2v) is 23.5. The van der Waals surface area contributed by atoms with E-state index in [4.69, 9.17) is 0 Å². The third kappa shape index (κ3) is 4.21. The molecule has 0 amide bonds. The molecule has 6 heteroatoms. The Labute approximate surface area is 391 Å². The summed E-state index contributed by atoms with van der Waals surface area (Å²) in [6.45, 7) is 0. The molecule has 12 aliphatic carbocycles. The molecule has 0 aliphatic heterocycles. The molecule has 0 radical (unpaired) electrons. The van der Waals surface area contributed by atoms with E-state index in [0.29, 0.717) is 46.8 Å². The first kappa shape index (κ1) is 36.8. The Morgan fingerprint density at radius 2 is 0.544 bits per heavy atom. The summed E-state index contributed by atoms with van der Waals surface area (Å²) >= 11 is 0. The fourth-order valence-corrected chi connectivity index (χ4v) is 17.4. The Balaban J connectivity index is 1.07. The second kappa shape index (κ2) is 12.2. The summed E-state index contributed by atoms with van der Waals surface area (Å²) in [6, 6.07) is 23.7. The van der Waals surface area contributed by atoms with E-state index >= 15 is 0 Å². The molecule has 10 aromatic rings. The second-order valence-electron chi connectivity index (χ2n) is 23.5. The molecule has 0 atom stereocenters. The first-order valence-corrected chi connectivity index (χ1v) is 26.5. The molecule has 0 spiro atoms. The highest BCUT2D eigenvalue weighted by Gasteiger charge is 2.41. The van der Waals surface area contributed by atoms with E-state index in [9.17, 15) is 19.2 Å². The molecule has 4 fully saturated rings. The number of benzene rings is 6. The molecule has 68 heavy (non-hydrogen) atoms. The van der Waals surface area contributed by atoms with E-state index in [1.807, 2.05) is 0 Å². The van der Waals surface area contributed by atoms with E-state index in [1.54, 1.807) is 0 Å². The van der Waals surface area contributed by atoms with Gasteiger partial charge in [-0.15, -0.1) is 0 Å². The number of ketones is 4. The van der Waals surface area contributed by atoms with E-state index in [1.165, 1.54) is 87.1 Å². The number of aromatic nitrogens is 2. The van der Waals surface area contributed by atoms with Gasteiger partial charge in [-0.05, 0) is 215 Å². The Bertz CT molecular complexity index is 3850. The average Bonchev–Trinajstić information content (AvgIpc) is 3.87. The van der Waals surface area contributed by atoms with E-state index in [-0.39, 0.29) is 23.7 Å². The molecule has 22 rings (SSSR count). The van der Waals surface area contributed by atoms with Gasteiger partial charge < -0.3 is 8.80 Å². The summed E-state index contributed by atoms with van der Waals surface area (Å²) in [4.78, 5) is 58.0. The van der Waals surface area contributed by atoms with Crippen LogP contribution < -0.4 is 0 Å². The van der Waals surface area contributed by atoms with Gasteiger partial charge >= 0.3 is 0 Å². The zero-order valence-corrected chi connectivity index (χ0v) is 38.2. The van der Waals surface area contributed by atoms with Gasteiger partial charge in [0.1, 0.15) is 0 Å². The van der Waals surface area contributed by atoms with Crippen LogP contribution >= 0.6 is 0 Å². The number of hydrogen-bond acceptors (Lipinski definition) is 4. The van der Waals surface area contributed by atoms with Crippen LogP contribution in [0.3, 0.4) is 0 Å². The predicted octanol–water partition coefficient (Wildman–Crippen LogP) is 15.0. The maximum atomic E-state index is 14.5. The molecule has 332 valence electrons. The fraction of sp³-hybridized carbons (Fsp3) is 0.387. The summed E-state index contributed by atoms with van der Waals surface area (Å²) < 4.78 is 4.92. The zero-order valence-electron chi connectivity index (χ0n) is 38.2.